The van der Waals surface area contributed by atoms with E-state index >= 15 is 0 Å². The molecule has 0 spiro atoms. The maximum Gasteiger partial charge on any atom is 0.263 e. The topological polar surface area (TPSA) is 53.4 Å². The summed E-state index contributed by atoms with van der Waals surface area (Å²) in [5, 5.41) is 1.57. The van der Waals surface area contributed by atoms with E-state index in [9.17, 15) is 4.79 Å². The van der Waals surface area contributed by atoms with Gasteiger partial charge in [0.05, 0.1) is 5.39 Å². The van der Waals surface area contributed by atoms with E-state index in [1.165, 1.54) is 10.4 Å². The van der Waals surface area contributed by atoms with Gasteiger partial charge in [-0.25, -0.2) is 4.98 Å². The van der Waals surface area contributed by atoms with Crippen LogP contribution in [0.2, 0.25) is 0 Å². The first-order chi connectivity index (χ1) is 14.1. The molecule has 1 unspecified atom stereocenters. The number of hydrogen-bond acceptors (Lipinski definition) is 6. The lowest BCUT2D eigenvalue weighted by atomic mass is 9.89. The molecular weight excluding hydrogens is 404 g/mol. The van der Waals surface area contributed by atoms with Gasteiger partial charge in [-0.2, -0.15) is 0 Å². The molecule has 1 aliphatic carbocycles. The molecule has 3 aromatic rings. The van der Waals surface area contributed by atoms with E-state index in [1.807, 2.05) is 18.2 Å². The molecule has 2 aromatic heterocycles. The molecule has 150 valence electrons. The van der Waals surface area contributed by atoms with E-state index in [4.69, 9.17) is 14.5 Å². The summed E-state index contributed by atoms with van der Waals surface area (Å²) >= 11 is 3.27. The van der Waals surface area contributed by atoms with Crippen molar-refractivity contribution >= 4 is 33.3 Å². The first-order valence-corrected chi connectivity index (χ1v) is 11.6. The number of allylic oxidation sites excluding steroid dienone is 1. The fraction of sp³-hybridized carbons (Fsp3) is 0.364. The third-order valence-corrected chi connectivity index (χ3v) is 7.69. The Morgan fingerprint density at radius 3 is 3.10 bits per heavy atom. The molecule has 1 aromatic carbocycles. The van der Waals surface area contributed by atoms with Crippen molar-refractivity contribution in [2.75, 3.05) is 6.79 Å². The summed E-state index contributed by atoms with van der Waals surface area (Å²) in [4.78, 5) is 20.5. The average molecular weight is 427 g/mol. The Hall–Kier alpha value is -2.25. The molecule has 0 amide bonds. The van der Waals surface area contributed by atoms with Crippen LogP contribution in [0.4, 0.5) is 0 Å². The lowest BCUT2D eigenvalue weighted by Gasteiger charge is -2.17. The molecule has 29 heavy (non-hydrogen) atoms. The van der Waals surface area contributed by atoms with E-state index in [0.29, 0.717) is 18.2 Å². The van der Waals surface area contributed by atoms with Crippen molar-refractivity contribution in [3.8, 4) is 11.5 Å². The van der Waals surface area contributed by atoms with Gasteiger partial charge in [-0.3, -0.25) is 9.36 Å². The highest BCUT2D eigenvalue weighted by molar-refractivity contribution is 7.98. The number of thioether (sulfide) groups is 1. The number of rotatable bonds is 5. The molecule has 0 radical (unpaired) electrons. The van der Waals surface area contributed by atoms with Crippen molar-refractivity contribution in [2.24, 2.45) is 5.92 Å². The zero-order chi connectivity index (χ0) is 20.0. The average Bonchev–Trinajstić information content (AvgIpc) is 3.32. The Morgan fingerprint density at radius 1 is 1.38 bits per heavy atom. The molecule has 0 fully saturated rings. The van der Waals surface area contributed by atoms with Crippen LogP contribution in [0.3, 0.4) is 0 Å². The number of thiophene rings is 1. The van der Waals surface area contributed by atoms with Crippen molar-refractivity contribution in [1.29, 1.82) is 0 Å². The number of aryl methyl sites for hydroxylation is 1. The van der Waals surface area contributed by atoms with E-state index < -0.39 is 0 Å². The molecule has 7 heteroatoms. The summed E-state index contributed by atoms with van der Waals surface area (Å²) in [5.74, 6) is 2.93. The number of ether oxygens (including phenoxy) is 2. The van der Waals surface area contributed by atoms with Gasteiger partial charge in [0.2, 0.25) is 6.79 Å². The number of hydrogen-bond donors (Lipinski definition) is 0. The van der Waals surface area contributed by atoms with E-state index in [0.717, 1.165) is 51.7 Å². The van der Waals surface area contributed by atoms with E-state index in [-0.39, 0.29) is 12.4 Å². The zero-order valence-electron chi connectivity index (χ0n) is 16.3. The Kier molecular flexibility index (Phi) is 4.87. The van der Waals surface area contributed by atoms with Crippen LogP contribution in [0.25, 0.3) is 10.2 Å². The molecule has 0 saturated carbocycles. The first-order valence-electron chi connectivity index (χ1n) is 9.81. The normalized spacial score (nSPS) is 17.5. The van der Waals surface area contributed by atoms with Gasteiger partial charge < -0.3 is 9.47 Å². The lowest BCUT2D eigenvalue weighted by Crippen LogP contribution is -2.23. The summed E-state index contributed by atoms with van der Waals surface area (Å²) in [7, 11) is 0. The highest BCUT2D eigenvalue weighted by Crippen LogP contribution is 2.37. The van der Waals surface area contributed by atoms with Crippen LogP contribution in [-0.2, 0) is 25.1 Å². The summed E-state index contributed by atoms with van der Waals surface area (Å²) < 4.78 is 12.6. The second-order valence-corrected chi connectivity index (χ2v) is 9.63. The fourth-order valence-electron chi connectivity index (χ4n) is 3.98. The highest BCUT2D eigenvalue weighted by Gasteiger charge is 2.24. The van der Waals surface area contributed by atoms with Gasteiger partial charge in [-0.05, 0) is 48.4 Å². The minimum absolute atomic E-state index is 0.0649. The van der Waals surface area contributed by atoms with E-state index in [2.05, 4.69) is 13.5 Å². The molecule has 2 aliphatic rings. The SMILES string of the molecule is C=CCn1c(SCc2ccc3c(c2)OCO3)nc2sc3c(c2c1=O)CCC(C)C3. The van der Waals surface area contributed by atoms with Crippen molar-refractivity contribution in [1.82, 2.24) is 9.55 Å². The summed E-state index contributed by atoms with van der Waals surface area (Å²) in [6.07, 6.45) is 4.93. The number of benzene rings is 1. The molecule has 5 rings (SSSR count). The van der Waals surface area contributed by atoms with E-state index in [1.54, 1.807) is 33.7 Å². The molecule has 0 bridgehead atoms. The summed E-state index contributed by atoms with van der Waals surface area (Å²) in [6.45, 7) is 6.85. The van der Waals surface area contributed by atoms with Gasteiger partial charge in [0.25, 0.3) is 5.56 Å². The van der Waals surface area contributed by atoms with Crippen LogP contribution < -0.4 is 15.0 Å². The minimum atomic E-state index is 0.0649. The second kappa shape index (κ2) is 7.54. The van der Waals surface area contributed by atoms with Crippen molar-refractivity contribution in [2.45, 2.75) is 43.6 Å². The van der Waals surface area contributed by atoms with Gasteiger partial charge in [0.1, 0.15) is 4.83 Å². The standard InChI is InChI=1S/C22H22N2O3S2/c1-3-8-24-21(25)19-15-6-4-13(2)9-18(15)29-20(19)23-22(24)28-11-14-5-7-16-17(10-14)27-12-26-16/h3,5,7,10,13H,1,4,6,8-9,11-12H2,2H3. The van der Waals surface area contributed by atoms with Gasteiger partial charge in [0, 0.05) is 17.2 Å². The number of aromatic nitrogens is 2. The summed E-state index contributed by atoms with van der Waals surface area (Å²) in [5.41, 5.74) is 2.40. The van der Waals surface area contributed by atoms with Crippen LogP contribution in [0, 0.1) is 5.92 Å². The Balaban J connectivity index is 1.51. The molecule has 3 heterocycles. The quantitative estimate of drug-likeness (QED) is 0.334. The van der Waals surface area contributed by atoms with Crippen LogP contribution >= 0.6 is 23.1 Å². The fourth-order valence-corrected chi connectivity index (χ4v) is 6.36. The largest absolute Gasteiger partial charge is 0.454 e. The highest BCUT2D eigenvalue weighted by atomic mass is 32.2. The van der Waals surface area contributed by atoms with Crippen LogP contribution in [-0.4, -0.2) is 16.3 Å². The smallest absolute Gasteiger partial charge is 0.263 e. The molecule has 0 saturated heterocycles. The maximum atomic E-state index is 13.4. The summed E-state index contributed by atoms with van der Waals surface area (Å²) in [6, 6.07) is 5.95. The molecule has 0 N–H and O–H groups in total. The van der Waals surface area contributed by atoms with Gasteiger partial charge in [0.15, 0.2) is 16.7 Å². The van der Waals surface area contributed by atoms with Crippen LogP contribution in [0.5, 0.6) is 11.5 Å². The molecule has 5 nitrogen and oxygen atoms in total. The van der Waals surface area contributed by atoms with Crippen molar-refractivity contribution in [3.63, 3.8) is 0 Å². The van der Waals surface area contributed by atoms with Crippen molar-refractivity contribution in [3.05, 3.63) is 57.2 Å². The Labute approximate surface area is 177 Å². The molecule has 1 aliphatic heterocycles. The zero-order valence-corrected chi connectivity index (χ0v) is 17.9. The van der Waals surface area contributed by atoms with Crippen molar-refractivity contribution < 1.29 is 9.47 Å². The maximum absolute atomic E-state index is 13.4. The number of fused-ring (bicyclic) bond motifs is 4. The monoisotopic (exact) mass is 426 g/mol. The van der Waals surface area contributed by atoms with Crippen LogP contribution in [0.15, 0.2) is 40.8 Å². The second-order valence-electron chi connectivity index (χ2n) is 7.61. The van der Waals surface area contributed by atoms with Crippen LogP contribution in [0.1, 0.15) is 29.3 Å². The third kappa shape index (κ3) is 3.36. The number of nitrogens with zero attached hydrogens (tertiary/aromatic N) is 2. The van der Waals surface area contributed by atoms with Gasteiger partial charge >= 0.3 is 0 Å². The van der Waals surface area contributed by atoms with Gasteiger partial charge in [-0.15, -0.1) is 17.9 Å². The lowest BCUT2D eigenvalue weighted by molar-refractivity contribution is 0.174. The Morgan fingerprint density at radius 2 is 2.24 bits per heavy atom. The molecular formula is C22H22N2O3S2. The predicted molar refractivity (Wildman–Crippen MR) is 117 cm³/mol. The predicted octanol–water partition coefficient (Wildman–Crippen LogP) is 4.79. The van der Waals surface area contributed by atoms with Gasteiger partial charge in [-0.1, -0.05) is 30.8 Å². The minimum Gasteiger partial charge on any atom is -0.454 e. The third-order valence-electron chi connectivity index (χ3n) is 5.50. The Bertz CT molecular complexity index is 1170. The first kappa shape index (κ1) is 18.8. The molecule has 1 atom stereocenters.